The summed E-state index contributed by atoms with van der Waals surface area (Å²) in [5, 5.41) is 12.2. The van der Waals surface area contributed by atoms with Gasteiger partial charge in [-0.3, -0.25) is 14.4 Å². The number of rotatable bonds is 4. The Labute approximate surface area is 148 Å². The second-order valence-electron chi connectivity index (χ2n) is 7.65. The molecule has 3 unspecified atom stereocenters. The molecule has 1 heterocycles. The van der Waals surface area contributed by atoms with E-state index in [2.05, 4.69) is 5.32 Å². The number of amides is 2. The van der Waals surface area contributed by atoms with Crippen molar-refractivity contribution < 1.29 is 19.5 Å². The van der Waals surface area contributed by atoms with E-state index in [1.165, 1.54) is 0 Å². The van der Waals surface area contributed by atoms with Crippen LogP contribution in [0.3, 0.4) is 0 Å². The highest BCUT2D eigenvalue weighted by atomic mass is 16.4. The van der Waals surface area contributed by atoms with Gasteiger partial charge >= 0.3 is 5.97 Å². The molecule has 2 amide bonds. The summed E-state index contributed by atoms with van der Waals surface area (Å²) in [5.74, 6) is -2.25. The SMILES string of the molecule is CC(NC(=O)C(C)(C)C)C(=O)N1CC(C(=O)O)C(c2ccccc2)C1. The van der Waals surface area contributed by atoms with Gasteiger partial charge in [0.05, 0.1) is 5.92 Å². The van der Waals surface area contributed by atoms with E-state index in [1.54, 1.807) is 32.6 Å². The average Bonchev–Trinajstić information content (AvgIpc) is 2.99. The van der Waals surface area contributed by atoms with Crippen LogP contribution >= 0.6 is 0 Å². The van der Waals surface area contributed by atoms with E-state index in [9.17, 15) is 19.5 Å². The second-order valence-corrected chi connectivity index (χ2v) is 7.65. The van der Waals surface area contributed by atoms with E-state index < -0.39 is 23.3 Å². The fraction of sp³-hybridized carbons (Fsp3) is 0.526. The number of likely N-dealkylation sites (tertiary alicyclic amines) is 1. The van der Waals surface area contributed by atoms with Crippen LogP contribution in [-0.2, 0) is 14.4 Å². The maximum absolute atomic E-state index is 12.7. The molecule has 0 spiro atoms. The molecule has 25 heavy (non-hydrogen) atoms. The Bertz CT molecular complexity index is 651. The Morgan fingerprint density at radius 1 is 1.16 bits per heavy atom. The number of aliphatic carboxylic acids is 1. The lowest BCUT2D eigenvalue weighted by Gasteiger charge is -2.25. The number of carbonyl (C=O) groups excluding carboxylic acids is 2. The fourth-order valence-electron chi connectivity index (χ4n) is 3.02. The van der Waals surface area contributed by atoms with Crippen molar-refractivity contribution in [3.63, 3.8) is 0 Å². The first-order valence-corrected chi connectivity index (χ1v) is 8.48. The number of hydrogen-bond acceptors (Lipinski definition) is 3. The molecule has 3 atom stereocenters. The first-order valence-electron chi connectivity index (χ1n) is 8.48. The molecule has 0 saturated carbocycles. The molecule has 2 rings (SSSR count). The van der Waals surface area contributed by atoms with Gasteiger partial charge in [0.15, 0.2) is 0 Å². The minimum Gasteiger partial charge on any atom is -0.481 e. The Kier molecular flexibility index (Phi) is 5.50. The monoisotopic (exact) mass is 346 g/mol. The zero-order chi connectivity index (χ0) is 18.8. The zero-order valence-electron chi connectivity index (χ0n) is 15.2. The Balaban J connectivity index is 2.11. The van der Waals surface area contributed by atoms with Gasteiger partial charge in [-0.05, 0) is 12.5 Å². The van der Waals surface area contributed by atoms with Crippen molar-refractivity contribution in [3.8, 4) is 0 Å². The van der Waals surface area contributed by atoms with Crippen LogP contribution < -0.4 is 5.32 Å². The molecule has 1 fully saturated rings. The predicted octanol–water partition coefficient (Wildman–Crippen LogP) is 1.86. The lowest BCUT2D eigenvalue weighted by atomic mass is 9.89. The Hall–Kier alpha value is -2.37. The van der Waals surface area contributed by atoms with Crippen LogP contribution in [0, 0.1) is 11.3 Å². The first kappa shape index (κ1) is 19.0. The molecule has 1 aromatic carbocycles. The van der Waals surface area contributed by atoms with E-state index in [1.807, 2.05) is 30.3 Å². The second kappa shape index (κ2) is 7.25. The summed E-state index contributed by atoms with van der Waals surface area (Å²) >= 11 is 0. The smallest absolute Gasteiger partial charge is 0.308 e. The molecule has 1 aliphatic heterocycles. The van der Waals surface area contributed by atoms with Crippen LogP contribution in [0.1, 0.15) is 39.2 Å². The van der Waals surface area contributed by atoms with Gasteiger partial charge in [0.1, 0.15) is 6.04 Å². The summed E-state index contributed by atoms with van der Waals surface area (Å²) in [6.45, 7) is 7.47. The highest BCUT2D eigenvalue weighted by Gasteiger charge is 2.41. The maximum atomic E-state index is 12.7. The summed E-state index contributed by atoms with van der Waals surface area (Å²) < 4.78 is 0. The molecule has 6 heteroatoms. The minimum atomic E-state index is -0.907. The molecule has 0 aromatic heterocycles. The number of nitrogens with zero attached hydrogens (tertiary/aromatic N) is 1. The zero-order valence-corrected chi connectivity index (χ0v) is 15.2. The number of hydrogen-bond donors (Lipinski definition) is 2. The molecule has 0 aliphatic carbocycles. The Morgan fingerprint density at radius 2 is 1.76 bits per heavy atom. The van der Waals surface area contributed by atoms with Gasteiger partial charge in [-0.15, -0.1) is 0 Å². The van der Waals surface area contributed by atoms with Crippen molar-refractivity contribution in [1.82, 2.24) is 10.2 Å². The van der Waals surface area contributed by atoms with Crippen molar-refractivity contribution >= 4 is 17.8 Å². The molecule has 1 aliphatic rings. The third-order valence-corrected chi connectivity index (χ3v) is 4.58. The van der Waals surface area contributed by atoms with Gasteiger partial charge in [0, 0.05) is 24.4 Å². The third kappa shape index (κ3) is 4.38. The van der Waals surface area contributed by atoms with E-state index >= 15 is 0 Å². The van der Waals surface area contributed by atoms with Crippen LogP contribution in [-0.4, -0.2) is 46.9 Å². The van der Waals surface area contributed by atoms with Gasteiger partial charge in [0.2, 0.25) is 11.8 Å². The molecule has 0 bridgehead atoms. The van der Waals surface area contributed by atoms with Gasteiger partial charge in [-0.25, -0.2) is 0 Å². The van der Waals surface area contributed by atoms with Crippen LogP contribution in [0.5, 0.6) is 0 Å². The normalized spacial score (nSPS) is 21.7. The summed E-state index contributed by atoms with van der Waals surface area (Å²) in [6, 6.07) is 8.70. The van der Waals surface area contributed by atoms with Crippen LogP contribution in [0.15, 0.2) is 30.3 Å². The molecular weight excluding hydrogens is 320 g/mol. The topological polar surface area (TPSA) is 86.7 Å². The van der Waals surface area contributed by atoms with E-state index in [4.69, 9.17) is 0 Å². The predicted molar refractivity (Wildman–Crippen MR) is 93.9 cm³/mol. The van der Waals surface area contributed by atoms with Crippen LogP contribution in [0.2, 0.25) is 0 Å². The van der Waals surface area contributed by atoms with Crippen molar-refractivity contribution in [2.45, 2.75) is 39.7 Å². The molecule has 1 aromatic rings. The number of carbonyl (C=O) groups is 3. The van der Waals surface area contributed by atoms with Crippen molar-refractivity contribution in [1.29, 1.82) is 0 Å². The number of carboxylic acids is 1. The quantitative estimate of drug-likeness (QED) is 0.871. The molecule has 1 saturated heterocycles. The van der Waals surface area contributed by atoms with Crippen molar-refractivity contribution in [3.05, 3.63) is 35.9 Å². The third-order valence-electron chi connectivity index (χ3n) is 4.58. The highest BCUT2D eigenvalue weighted by molar-refractivity contribution is 5.90. The Morgan fingerprint density at radius 3 is 2.28 bits per heavy atom. The summed E-state index contributed by atoms with van der Waals surface area (Å²) in [7, 11) is 0. The molecular formula is C19H26N2O4. The van der Waals surface area contributed by atoms with E-state index in [0.29, 0.717) is 6.54 Å². The summed E-state index contributed by atoms with van der Waals surface area (Å²) in [4.78, 5) is 37.9. The molecule has 2 N–H and O–H groups in total. The van der Waals surface area contributed by atoms with Gasteiger partial charge in [-0.1, -0.05) is 51.1 Å². The summed E-state index contributed by atoms with van der Waals surface area (Å²) in [5.41, 5.74) is 0.326. The van der Waals surface area contributed by atoms with Crippen molar-refractivity contribution in [2.24, 2.45) is 11.3 Å². The highest BCUT2D eigenvalue weighted by Crippen LogP contribution is 2.33. The number of carboxylic acid groups (broad SMARTS) is 1. The van der Waals surface area contributed by atoms with Crippen LogP contribution in [0.25, 0.3) is 0 Å². The van der Waals surface area contributed by atoms with Gasteiger partial charge in [-0.2, -0.15) is 0 Å². The maximum Gasteiger partial charge on any atom is 0.308 e. The largest absolute Gasteiger partial charge is 0.481 e. The molecule has 0 radical (unpaired) electrons. The number of nitrogens with one attached hydrogen (secondary N) is 1. The van der Waals surface area contributed by atoms with Gasteiger partial charge < -0.3 is 15.3 Å². The average molecular weight is 346 g/mol. The molecule has 136 valence electrons. The van der Waals surface area contributed by atoms with E-state index in [-0.39, 0.29) is 24.3 Å². The lowest BCUT2D eigenvalue weighted by Crippen LogP contribution is -2.49. The standard InChI is InChI=1S/C19H26N2O4/c1-12(20-18(25)19(2,3)4)16(22)21-10-14(15(11-21)17(23)24)13-8-6-5-7-9-13/h5-9,12,14-15H,10-11H2,1-4H3,(H,20,25)(H,23,24). The number of benzene rings is 1. The lowest BCUT2D eigenvalue weighted by molar-refractivity contribution is -0.142. The van der Waals surface area contributed by atoms with Crippen LogP contribution in [0.4, 0.5) is 0 Å². The van der Waals surface area contributed by atoms with Crippen molar-refractivity contribution in [2.75, 3.05) is 13.1 Å². The van der Waals surface area contributed by atoms with E-state index in [0.717, 1.165) is 5.56 Å². The molecule has 6 nitrogen and oxygen atoms in total. The van der Waals surface area contributed by atoms with Gasteiger partial charge in [0.25, 0.3) is 0 Å². The minimum absolute atomic E-state index is 0.156. The fourth-order valence-corrected chi connectivity index (χ4v) is 3.02. The summed E-state index contributed by atoms with van der Waals surface area (Å²) in [6.07, 6.45) is 0. The first-order chi connectivity index (χ1) is 11.6.